The smallest absolute Gasteiger partial charge is 0.270 e. The van der Waals surface area contributed by atoms with Crippen molar-refractivity contribution in [1.82, 2.24) is 15.3 Å². The van der Waals surface area contributed by atoms with Gasteiger partial charge in [-0.2, -0.15) is 0 Å². The number of hydrogen-bond acceptors (Lipinski definition) is 4. The first kappa shape index (κ1) is 15.7. The number of unbranched alkanes of at least 4 members (excludes halogenated alkanes) is 1. The second-order valence-corrected chi connectivity index (χ2v) is 5.71. The van der Waals surface area contributed by atoms with Crippen LogP contribution in [0.25, 0.3) is 0 Å². The molecule has 1 aliphatic rings. The summed E-state index contributed by atoms with van der Waals surface area (Å²) >= 11 is 0. The third-order valence-corrected chi connectivity index (χ3v) is 3.78. The van der Waals surface area contributed by atoms with Crippen LogP contribution in [-0.4, -0.2) is 35.5 Å². The van der Waals surface area contributed by atoms with Gasteiger partial charge in [0, 0.05) is 25.3 Å². The summed E-state index contributed by atoms with van der Waals surface area (Å²) in [5.41, 5.74) is 1.34. The first-order chi connectivity index (χ1) is 10.2. The summed E-state index contributed by atoms with van der Waals surface area (Å²) in [5, 5.41) is 2.92. The van der Waals surface area contributed by atoms with Gasteiger partial charge in [-0.1, -0.05) is 26.2 Å². The summed E-state index contributed by atoms with van der Waals surface area (Å²) in [4.78, 5) is 23.4. The Morgan fingerprint density at radius 2 is 1.95 bits per heavy atom. The third-order valence-electron chi connectivity index (χ3n) is 3.78. The Bertz CT molecular complexity index is 467. The van der Waals surface area contributed by atoms with E-state index in [0.29, 0.717) is 18.2 Å². The number of hydrogen-bond donors (Lipinski definition) is 1. The number of rotatable bonds is 5. The van der Waals surface area contributed by atoms with E-state index in [1.165, 1.54) is 25.7 Å². The number of carbonyl (C=O) groups is 1. The molecule has 0 unspecified atom stereocenters. The van der Waals surface area contributed by atoms with E-state index in [-0.39, 0.29) is 5.91 Å². The molecule has 0 bridgehead atoms. The van der Waals surface area contributed by atoms with Crippen LogP contribution in [0.3, 0.4) is 0 Å². The molecule has 1 aromatic heterocycles. The van der Waals surface area contributed by atoms with Gasteiger partial charge in [0.2, 0.25) is 5.95 Å². The van der Waals surface area contributed by atoms with Crippen LogP contribution in [0.15, 0.2) is 6.07 Å². The molecule has 5 heteroatoms. The molecule has 0 aliphatic carbocycles. The molecule has 1 fully saturated rings. The fraction of sp³-hybridized carbons (Fsp3) is 0.688. The molecule has 0 atom stereocenters. The predicted octanol–water partition coefficient (Wildman–Crippen LogP) is 2.70. The van der Waals surface area contributed by atoms with Gasteiger partial charge >= 0.3 is 0 Å². The number of carbonyl (C=O) groups excluding carboxylic acids is 1. The Morgan fingerprint density at radius 3 is 2.62 bits per heavy atom. The molecular weight excluding hydrogens is 264 g/mol. The fourth-order valence-corrected chi connectivity index (χ4v) is 2.55. The van der Waals surface area contributed by atoms with E-state index in [1.807, 2.05) is 6.92 Å². The van der Waals surface area contributed by atoms with Crippen molar-refractivity contribution in [1.29, 1.82) is 0 Å². The van der Waals surface area contributed by atoms with Crippen LogP contribution in [0, 0.1) is 6.92 Å². The summed E-state index contributed by atoms with van der Waals surface area (Å²) in [7, 11) is 0. The summed E-state index contributed by atoms with van der Waals surface area (Å²) in [6.45, 7) is 6.71. The number of aromatic nitrogens is 2. The van der Waals surface area contributed by atoms with Gasteiger partial charge in [0.1, 0.15) is 5.69 Å². The quantitative estimate of drug-likeness (QED) is 0.847. The van der Waals surface area contributed by atoms with Crippen molar-refractivity contribution in [2.75, 3.05) is 24.5 Å². The lowest BCUT2D eigenvalue weighted by molar-refractivity contribution is 0.0948. The molecule has 116 valence electrons. The highest BCUT2D eigenvalue weighted by Gasteiger charge is 2.16. The van der Waals surface area contributed by atoms with Gasteiger partial charge in [0.05, 0.1) is 0 Å². The van der Waals surface area contributed by atoms with Crippen molar-refractivity contribution in [3.8, 4) is 0 Å². The molecule has 0 aromatic carbocycles. The maximum atomic E-state index is 12.2. The molecule has 1 N–H and O–H groups in total. The van der Waals surface area contributed by atoms with E-state index in [2.05, 4.69) is 27.1 Å². The fourth-order valence-electron chi connectivity index (χ4n) is 2.55. The molecule has 1 aromatic rings. The van der Waals surface area contributed by atoms with Gasteiger partial charge in [-0.15, -0.1) is 0 Å². The Morgan fingerprint density at radius 1 is 1.24 bits per heavy atom. The molecule has 0 radical (unpaired) electrons. The molecule has 2 heterocycles. The lowest BCUT2D eigenvalue weighted by Gasteiger charge is -2.21. The number of nitrogens with one attached hydrogen (secondary N) is 1. The number of anilines is 1. The van der Waals surface area contributed by atoms with Gasteiger partial charge < -0.3 is 10.2 Å². The number of amides is 1. The Labute approximate surface area is 127 Å². The highest BCUT2D eigenvalue weighted by molar-refractivity contribution is 5.92. The summed E-state index contributed by atoms with van der Waals surface area (Å²) in [5.74, 6) is 0.613. The topological polar surface area (TPSA) is 58.1 Å². The van der Waals surface area contributed by atoms with Crippen LogP contribution < -0.4 is 10.2 Å². The first-order valence-electron chi connectivity index (χ1n) is 8.09. The maximum absolute atomic E-state index is 12.2. The van der Waals surface area contributed by atoms with Crippen molar-refractivity contribution in [2.45, 2.75) is 52.4 Å². The van der Waals surface area contributed by atoms with Gasteiger partial charge in [-0.05, 0) is 32.3 Å². The van der Waals surface area contributed by atoms with Crippen molar-refractivity contribution >= 4 is 11.9 Å². The Kier molecular flexibility index (Phi) is 5.96. The van der Waals surface area contributed by atoms with Crippen molar-refractivity contribution in [2.24, 2.45) is 0 Å². The van der Waals surface area contributed by atoms with Crippen LogP contribution in [0.4, 0.5) is 5.95 Å². The Balaban J connectivity index is 2.10. The predicted molar refractivity (Wildman–Crippen MR) is 84.7 cm³/mol. The minimum Gasteiger partial charge on any atom is -0.351 e. The molecule has 21 heavy (non-hydrogen) atoms. The van der Waals surface area contributed by atoms with Crippen LogP contribution in [0.2, 0.25) is 0 Å². The van der Waals surface area contributed by atoms with Gasteiger partial charge in [0.25, 0.3) is 5.91 Å². The number of nitrogens with zero attached hydrogens (tertiary/aromatic N) is 3. The molecule has 2 rings (SSSR count). The molecule has 1 amide bonds. The van der Waals surface area contributed by atoms with Gasteiger partial charge in [-0.3, -0.25) is 4.79 Å². The highest BCUT2D eigenvalue weighted by Crippen LogP contribution is 2.16. The number of aryl methyl sites for hydroxylation is 1. The standard InChI is InChI=1S/C16H26N4O/c1-3-4-9-17-15(21)14-12-13(2)18-16(19-14)20-10-7-5-6-8-11-20/h12H,3-11H2,1-2H3,(H,17,21). The molecule has 0 saturated carbocycles. The zero-order valence-electron chi connectivity index (χ0n) is 13.2. The van der Waals surface area contributed by atoms with Gasteiger partial charge in [0.15, 0.2) is 0 Å². The summed E-state index contributed by atoms with van der Waals surface area (Å²) < 4.78 is 0. The van der Waals surface area contributed by atoms with E-state index >= 15 is 0 Å². The van der Waals surface area contributed by atoms with E-state index in [4.69, 9.17) is 0 Å². The van der Waals surface area contributed by atoms with Crippen LogP contribution >= 0.6 is 0 Å². The van der Waals surface area contributed by atoms with E-state index in [1.54, 1.807) is 6.07 Å². The maximum Gasteiger partial charge on any atom is 0.270 e. The molecular formula is C16H26N4O. The molecule has 1 saturated heterocycles. The SMILES string of the molecule is CCCCNC(=O)c1cc(C)nc(N2CCCCCC2)n1. The molecule has 1 aliphatic heterocycles. The minimum atomic E-state index is -0.0926. The van der Waals surface area contributed by atoms with Crippen molar-refractivity contribution in [3.05, 3.63) is 17.5 Å². The highest BCUT2D eigenvalue weighted by atomic mass is 16.1. The summed E-state index contributed by atoms with van der Waals surface area (Å²) in [6.07, 6.45) is 6.96. The lowest BCUT2D eigenvalue weighted by atomic mass is 10.2. The first-order valence-corrected chi connectivity index (χ1v) is 8.09. The summed E-state index contributed by atoms with van der Waals surface area (Å²) in [6, 6.07) is 1.77. The molecule has 5 nitrogen and oxygen atoms in total. The second-order valence-electron chi connectivity index (χ2n) is 5.71. The van der Waals surface area contributed by atoms with Crippen LogP contribution in [-0.2, 0) is 0 Å². The van der Waals surface area contributed by atoms with Gasteiger partial charge in [-0.25, -0.2) is 9.97 Å². The normalized spacial score (nSPS) is 15.6. The van der Waals surface area contributed by atoms with E-state index in [0.717, 1.165) is 31.6 Å². The largest absolute Gasteiger partial charge is 0.351 e. The monoisotopic (exact) mass is 290 g/mol. The zero-order chi connectivity index (χ0) is 15.1. The minimum absolute atomic E-state index is 0.0926. The van der Waals surface area contributed by atoms with Crippen LogP contribution in [0.1, 0.15) is 61.6 Å². The zero-order valence-corrected chi connectivity index (χ0v) is 13.2. The average molecular weight is 290 g/mol. The van der Waals surface area contributed by atoms with E-state index < -0.39 is 0 Å². The third kappa shape index (κ3) is 4.69. The van der Waals surface area contributed by atoms with E-state index in [9.17, 15) is 4.79 Å². The van der Waals surface area contributed by atoms with Crippen molar-refractivity contribution in [3.63, 3.8) is 0 Å². The Hall–Kier alpha value is -1.65. The van der Waals surface area contributed by atoms with Crippen molar-refractivity contribution < 1.29 is 4.79 Å². The second kappa shape index (κ2) is 7.96. The molecule has 0 spiro atoms. The van der Waals surface area contributed by atoms with Crippen LogP contribution in [0.5, 0.6) is 0 Å². The average Bonchev–Trinajstić information content (AvgIpc) is 2.76. The lowest BCUT2D eigenvalue weighted by Crippen LogP contribution is -2.29.